The topological polar surface area (TPSA) is 41.6 Å². The van der Waals surface area contributed by atoms with Gasteiger partial charge in [0.25, 0.3) is 12.9 Å². The van der Waals surface area contributed by atoms with E-state index in [1.165, 1.54) is 11.1 Å². The Balaban J connectivity index is 0.000000423. The van der Waals surface area contributed by atoms with E-state index in [1.54, 1.807) is 23.9 Å². The van der Waals surface area contributed by atoms with Crippen LogP contribution in [0.3, 0.4) is 0 Å². The van der Waals surface area contributed by atoms with Crippen molar-refractivity contribution in [2.75, 3.05) is 31.1 Å². The van der Waals surface area contributed by atoms with Crippen molar-refractivity contribution in [3.8, 4) is 0 Å². The van der Waals surface area contributed by atoms with Gasteiger partial charge >= 0.3 is 0 Å². The molecule has 1 saturated heterocycles. The lowest BCUT2D eigenvalue weighted by Crippen LogP contribution is -2.43. The van der Waals surface area contributed by atoms with Crippen molar-refractivity contribution in [3.05, 3.63) is 53.1 Å². The molecule has 1 N–H and O–H groups in total. The van der Waals surface area contributed by atoms with Crippen LogP contribution in [0.5, 0.6) is 0 Å². The Labute approximate surface area is 188 Å². The van der Waals surface area contributed by atoms with Gasteiger partial charge in [0, 0.05) is 41.5 Å². The first-order valence-corrected chi connectivity index (χ1v) is 11.2. The molecule has 0 amide bonds. The molecule has 0 unspecified atom stereocenters. The number of anilines is 1. The van der Waals surface area contributed by atoms with Gasteiger partial charge in [0.05, 0.1) is 5.69 Å². The number of hydrogen-bond acceptors (Lipinski definition) is 5. The van der Waals surface area contributed by atoms with Crippen LogP contribution in [-0.4, -0.2) is 38.3 Å². The van der Waals surface area contributed by atoms with Crippen molar-refractivity contribution in [1.82, 2.24) is 5.32 Å². The summed E-state index contributed by atoms with van der Waals surface area (Å²) in [7, 11) is 0. The van der Waals surface area contributed by atoms with E-state index in [0.717, 1.165) is 41.7 Å². The molecule has 2 aromatic rings. The molecule has 2 aromatic carbocycles. The molecule has 1 fully saturated rings. The fourth-order valence-corrected chi connectivity index (χ4v) is 4.34. The minimum Gasteiger partial charge on any atom is -0.462 e. The zero-order chi connectivity index (χ0) is 23.0. The van der Waals surface area contributed by atoms with E-state index in [-0.39, 0.29) is 11.2 Å². The maximum atomic E-state index is 13.1. The minimum absolute atomic E-state index is 0.0910. The molecule has 3 rings (SSSR count). The summed E-state index contributed by atoms with van der Waals surface area (Å²) in [5.41, 5.74) is 3.12. The number of rotatable bonds is 5. The number of ether oxygens (including phenoxy) is 1. The number of aryl methyl sites for hydroxylation is 2. The number of piperazine rings is 1. The van der Waals surface area contributed by atoms with Crippen LogP contribution in [0, 0.1) is 13.8 Å². The molecule has 0 aliphatic carbocycles. The summed E-state index contributed by atoms with van der Waals surface area (Å²) < 4.78 is 30.8. The maximum absolute atomic E-state index is 13.1. The number of alkyl halides is 2. The average Bonchev–Trinajstić information content (AvgIpc) is 2.67. The number of carbonyl (C=O) groups is 1. The Morgan fingerprint density at radius 2 is 1.68 bits per heavy atom. The van der Waals surface area contributed by atoms with Gasteiger partial charge in [-0.1, -0.05) is 23.9 Å². The van der Waals surface area contributed by atoms with Crippen molar-refractivity contribution in [1.29, 1.82) is 0 Å². The molecule has 1 heterocycles. The Morgan fingerprint density at radius 1 is 1.06 bits per heavy atom. The van der Waals surface area contributed by atoms with E-state index in [2.05, 4.69) is 47.0 Å². The molecular formula is C24H32F2N2O2S. The van der Waals surface area contributed by atoms with Gasteiger partial charge in [0.2, 0.25) is 0 Å². The normalized spacial score (nSPS) is 14.1. The molecule has 31 heavy (non-hydrogen) atoms. The Bertz CT molecular complexity index is 843. The van der Waals surface area contributed by atoms with E-state index in [4.69, 9.17) is 0 Å². The van der Waals surface area contributed by atoms with Crippen LogP contribution in [0.1, 0.15) is 43.9 Å². The zero-order valence-corrected chi connectivity index (χ0v) is 19.7. The summed E-state index contributed by atoms with van der Waals surface area (Å²) in [4.78, 5) is 14.0. The number of carbonyl (C=O) groups excluding carboxylic acids is 1. The third kappa shape index (κ3) is 8.50. The highest BCUT2D eigenvalue weighted by Gasteiger charge is 2.18. The van der Waals surface area contributed by atoms with Crippen LogP contribution in [0.2, 0.25) is 0 Å². The van der Waals surface area contributed by atoms with Gasteiger partial charge in [-0.25, -0.2) is 8.78 Å². The molecule has 1 aliphatic rings. The lowest BCUT2D eigenvalue weighted by molar-refractivity contribution is -0.138. The predicted molar refractivity (Wildman–Crippen MR) is 123 cm³/mol. The van der Waals surface area contributed by atoms with Crippen molar-refractivity contribution in [3.63, 3.8) is 0 Å². The second-order valence-electron chi connectivity index (χ2n) is 8.52. The second-order valence-corrected chi connectivity index (χ2v) is 9.63. The standard InChI is InChI=1S/C19H22F2N2S.C5H10O2/c1-13-9-14(2)11-16(10-13)24-18-4-3-15(19(20)21)12-17(18)23-7-5-22-6-8-23;1-5(2,3)7-4-6/h3-4,9-12,19,22H,5-8H2,1-2H3;4H,1-3H3. The highest BCUT2D eigenvalue weighted by Crippen LogP contribution is 2.38. The number of hydrogen-bond donors (Lipinski definition) is 1. The summed E-state index contributed by atoms with van der Waals surface area (Å²) in [5.74, 6) is 0. The molecule has 7 heteroatoms. The maximum Gasteiger partial charge on any atom is 0.293 e. The molecule has 4 nitrogen and oxygen atoms in total. The molecule has 170 valence electrons. The fraction of sp³-hybridized carbons (Fsp3) is 0.458. The summed E-state index contributed by atoms with van der Waals surface area (Å²) in [6.07, 6.45) is -2.44. The Morgan fingerprint density at radius 3 is 2.16 bits per heavy atom. The third-order valence-corrected chi connectivity index (χ3v) is 5.55. The number of halogens is 2. The molecule has 1 aliphatic heterocycles. The highest BCUT2D eigenvalue weighted by atomic mass is 32.2. The lowest BCUT2D eigenvalue weighted by Gasteiger charge is -2.31. The van der Waals surface area contributed by atoms with Crippen LogP contribution in [0.25, 0.3) is 0 Å². The summed E-state index contributed by atoms with van der Waals surface area (Å²) in [5, 5.41) is 3.31. The molecule has 0 radical (unpaired) electrons. The SMILES string of the molecule is CC(C)(C)OC=O.Cc1cc(C)cc(Sc2ccc(C(F)F)cc2N2CCNCC2)c1. The van der Waals surface area contributed by atoms with Crippen molar-refractivity contribution < 1.29 is 18.3 Å². The van der Waals surface area contributed by atoms with Gasteiger partial charge in [-0.2, -0.15) is 0 Å². The van der Waals surface area contributed by atoms with Gasteiger partial charge in [-0.15, -0.1) is 0 Å². The number of benzene rings is 2. The van der Waals surface area contributed by atoms with Gasteiger partial charge < -0.3 is 15.0 Å². The monoisotopic (exact) mass is 450 g/mol. The van der Waals surface area contributed by atoms with Crippen molar-refractivity contribution in [2.24, 2.45) is 0 Å². The summed E-state index contributed by atoms with van der Waals surface area (Å²) >= 11 is 1.65. The van der Waals surface area contributed by atoms with Crippen LogP contribution in [-0.2, 0) is 9.53 Å². The largest absolute Gasteiger partial charge is 0.462 e. The van der Waals surface area contributed by atoms with E-state index in [0.29, 0.717) is 6.47 Å². The molecule has 0 spiro atoms. The lowest BCUT2D eigenvalue weighted by atomic mass is 10.1. The van der Waals surface area contributed by atoms with Crippen molar-refractivity contribution >= 4 is 23.9 Å². The summed E-state index contributed by atoms with van der Waals surface area (Å²) in [6, 6.07) is 11.4. The van der Waals surface area contributed by atoms with Gasteiger partial charge in [-0.05, 0) is 70.0 Å². The Hall–Kier alpha value is -2.12. The van der Waals surface area contributed by atoms with Crippen LogP contribution >= 0.6 is 11.8 Å². The first-order chi connectivity index (χ1) is 14.6. The quantitative estimate of drug-likeness (QED) is 0.587. The average molecular weight is 451 g/mol. The zero-order valence-electron chi connectivity index (χ0n) is 18.9. The van der Waals surface area contributed by atoms with E-state index >= 15 is 0 Å². The van der Waals surface area contributed by atoms with Gasteiger partial charge in [-0.3, -0.25) is 4.79 Å². The van der Waals surface area contributed by atoms with E-state index in [9.17, 15) is 13.6 Å². The second kappa shape index (κ2) is 11.5. The first-order valence-electron chi connectivity index (χ1n) is 10.3. The van der Waals surface area contributed by atoms with Gasteiger partial charge in [0.15, 0.2) is 0 Å². The highest BCUT2D eigenvalue weighted by molar-refractivity contribution is 7.99. The minimum atomic E-state index is -2.44. The fourth-order valence-electron chi connectivity index (χ4n) is 3.17. The molecular weight excluding hydrogens is 418 g/mol. The molecule has 0 atom stereocenters. The van der Waals surface area contributed by atoms with E-state index < -0.39 is 6.43 Å². The smallest absolute Gasteiger partial charge is 0.293 e. The van der Waals surface area contributed by atoms with Crippen LogP contribution in [0.4, 0.5) is 14.5 Å². The molecule has 0 saturated carbocycles. The number of nitrogens with one attached hydrogen (secondary N) is 1. The van der Waals surface area contributed by atoms with Crippen LogP contribution < -0.4 is 10.2 Å². The van der Waals surface area contributed by atoms with Crippen LogP contribution in [0.15, 0.2) is 46.2 Å². The van der Waals surface area contributed by atoms with Crippen molar-refractivity contribution in [2.45, 2.75) is 56.4 Å². The molecule has 0 bridgehead atoms. The van der Waals surface area contributed by atoms with E-state index in [1.807, 2.05) is 26.8 Å². The predicted octanol–water partition coefficient (Wildman–Crippen LogP) is 5.76. The first kappa shape index (κ1) is 25.1. The summed E-state index contributed by atoms with van der Waals surface area (Å²) in [6.45, 7) is 13.5. The molecule has 0 aromatic heterocycles. The Kier molecular flexibility index (Phi) is 9.32. The van der Waals surface area contributed by atoms with Gasteiger partial charge in [0.1, 0.15) is 5.60 Å². The number of nitrogens with zero attached hydrogens (tertiary/aromatic N) is 1. The third-order valence-electron chi connectivity index (χ3n) is 4.52.